The van der Waals surface area contributed by atoms with Crippen molar-refractivity contribution < 1.29 is 0 Å². The largest absolute Gasteiger partial charge is 0.360 e. The molecule has 3 N–H and O–H groups in total. The summed E-state index contributed by atoms with van der Waals surface area (Å²) in [5, 5.41) is 9.77. The smallest absolute Gasteiger partial charge is 0.0912 e. The fraction of sp³-hybridized carbons (Fsp3) is 0.267. The minimum Gasteiger partial charge on any atom is -0.360 e. The van der Waals surface area contributed by atoms with E-state index in [0.717, 1.165) is 17.5 Å². The van der Waals surface area contributed by atoms with Gasteiger partial charge in [-0.2, -0.15) is 5.26 Å². The summed E-state index contributed by atoms with van der Waals surface area (Å²) < 4.78 is 0. The normalized spacial score (nSPS) is 12.1. The highest BCUT2D eigenvalue weighted by atomic mass is 14.7. The van der Waals surface area contributed by atoms with Crippen molar-refractivity contribution in [3.05, 3.63) is 41.6 Å². The highest BCUT2D eigenvalue weighted by Gasteiger charge is 2.15. The Bertz CT molecular complexity index is 621. The van der Waals surface area contributed by atoms with Crippen LogP contribution in [0, 0.1) is 11.3 Å². The molecule has 0 radical (unpaired) electrons. The van der Waals surface area contributed by atoms with Gasteiger partial charge >= 0.3 is 0 Å². The predicted octanol–water partition coefficient (Wildman–Crippen LogP) is 2.98. The van der Waals surface area contributed by atoms with Crippen LogP contribution in [0.15, 0.2) is 30.5 Å². The molecule has 1 aromatic heterocycles. The molecule has 0 atom stereocenters. The maximum Gasteiger partial charge on any atom is 0.0912 e. The molecule has 3 heteroatoms. The molecular formula is C15H17N3. The molecule has 0 unspecified atom stereocenters. The fourth-order valence-electron chi connectivity index (χ4n) is 2.14. The van der Waals surface area contributed by atoms with Gasteiger partial charge in [0.2, 0.25) is 0 Å². The second kappa shape index (κ2) is 4.67. The Hall–Kier alpha value is -2.05. The van der Waals surface area contributed by atoms with Crippen LogP contribution in [0.5, 0.6) is 0 Å². The maximum absolute atomic E-state index is 8.59. The average Bonchev–Trinajstić information content (AvgIpc) is 2.68. The Morgan fingerprint density at radius 1 is 1.44 bits per heavy atom. The summed E-state index contributed by atoms with van der Waals surface area (Å²) in [5.74, 6) is 0. The Labute approximate surface area is 107 Å². The lowest BCUT2D eigenvalue weighted by Gasteiger charge is -2.17. The number of hydrogen-bond donors (Lipinski definition) is 2. The van der Waals surface area contributed by atoms with E-state index >= 15 is 0 Å². The SMILES string of the molecule is CC(C)(N)Cc1c[nH]c2c(/C=C/C#N)cccc12. The van der Waals surface area contributed by atoms with Gasteiger partial charge in [-0.3, -0.25) is 0 Å². The number of benzene rings is 1. The van der Waals surface area contributed by atoms with Gasteiger partial charge in [0.05, 0.1) is 11.6 Å². The van der Waals surface area contributed by atoms with Crippen molar-refractivity contribution in [1.82, 2.24) is 4.98 Å². The summed E-state index contributed by atoms with van der Waals surface area (Å²) in [5.41, 5.74) is 9.13. The van der Waals surface area contributed by atoms with Gasteiger partial charge in [0.1, 0.15) is 0 Å². The van der Waals surface area contributed by atoms with E-state index in [1.165, 1.54) is 17.0 Å². The van der Waals surface area contributed by atoms with Gasteiger partial charge in [0, 0.05) is 23.2 Å². The Kier molecular flexibility index (Phi) is 3.22. The topological polar surface area (TPSA) is 65.6 Å². The van der Waals surface area contributed by atoms with Crippen molar-refractivity contribution >= 4 is 17.0 Å². The summed E-state index contributed by atoms with van der Waals surface area (Å²) in [6.07, 6.45) is 6.12. The standard InChI is InChI=1S/C15H17N3/c1-15(2,17)9-12-10-18-14-11(6-4-8-16)5-3-7-13(12)14/h3-7,10,18H,9,17H2,1-2H3/b6-4+. The minimum absolute atomic E-state index is 0.229. The van der Waals surface area contributed by atoms with Crippen LogP contribution in [0.3, 0.4) is 0 Å². The molecule has 0 saturated heterocycles. The monoisotopic (exact) mass is 239 g/mol. The van der Waals surface area contributed by atoms with E-state index in [1.807, 2.05) is 44.3 Å². The number of nitriles is 1. The third-order valence-electron chi connectivity index (χ3n) is 2.82. The van der Waals surface area contributed by atoms with E-state index in [9.17, 15) is 0 Å². The van der Waals surface area contributed by atoms with Crippen molar-refractivity contribution in [2.45, 2.75) is 25.8 Å². The number of aromatic nitrogens is 1. The van der Waals surface area contributed by atoms with Crippen LogP contribution in [0.1, 0.15) is 25.0 Å². The van der Waals surface area contributed by atoms with Gasteiger partial charge in [-0.1, -0.05) is 18.2 Å². The maximum atomic E-state index is 8.59. The molecule has 1 aromatic carbocycles. The number of fused-ring (bicyclic) bond motifs is 1. The first kappa shape index (κ1) is 12.4. The van der Waals surface area contributed by atoms with Gasteiger partial charge in [-0.05, 0) is 37.5 Å². The lowest BCUT2D eigenvalue weighted by atomic mass is 9.95. The van der Waals surface area contributed by atoms with E-state index in [1.54, 1.807) is 0 Å². The van der Waals surface area contributed by atoms with Crippen molar-refractivity contribution in [1.29, 1.82) is 5.26 Å². The van der Waals surface area contributed by atoms with E-state index in [4.69, 9.17) is 11.0 Å². The van der Waals surface area contributed by atoms with E-state index in [-0.39, 0.29) is 5.54 Å². The first-order chi connectivity index (χ1) is 8.51. The summed E-state index contributed by atoms with van der Waals surface area (Å²) in [6.45, 7) is 4.04. The molecular weight excluding hydrogens is 222 g/mol. The molecule has 0 saturated carbocycles. The van der Waals surface area contributed by atoms with Crippen LogP contribution in [-0.2, 0) is 6.42 Å². The number of nitrogens with two attached hydrogens (primary N) is 1. The molecule has 2 aromatic rings. The summed E-state index contributed by atoms with van der Waals surface area (Å²) in [6, 6.07) is 8.08. The van der Waals surface area contributed by atoms with Crippen LogP contribution in [0.2, 0.25) is 0 Å². The van der Waals surface area contributed by atoms with Crippen molar-refractivity contribution in [2.75, 3.05) is 0 Å². The molecule has 92 valence electrons. The molecule has 0 fully saturated rings. The number of nitrogens with zero attached hydrogens (tertiary/aromatic N) is 1. The quantitative estimate of drug-likeness (QED) is 0.809. The Morgan fingerprint density at radius 3 is 2.89 bits per heavy atom. The number of allylic oxidation sites excluding steroid dienone is 1. The van der Waals surface area contributed by atoms with E-state index < -0.39 is 0 Å². The minimum atomic E-state index is -0.229. The summed E-state index contributed by atoms with van der Waals surface area (Å²) in [4.78, 5) is 3.27. The highest BCUT2D eigenvalue weighted by molar-refractivity contribution is 5.90. The number of nitrogens with one attached hydrogen (secondary N) is 1. The van der Waals surface area contributed by atoms with Crippen LogP contribution < -0.4 is 5.73 Å². The first-order valence-electron chi connectivity index (χ1n) is 5.95. The van der Waals surface area contributed by atoms with Gasteiger partial charge in [0.15, 0.2) is 0 Å². The fourth-order valence-corrected chi connectivity index (χ4v) is 2.14. The van der Waals surface area contributed by atoms with Crippen molar-refractivity contribution in [3.63, 3.8) is 0 Å². The number of rotatable bonds is 3. The molecule has 0 aliphatic carbocycles. The van der Waals surface area contributed by atoms with Gasteiger partial charge in [-0.15, -0.1) is 0 Å². The third kappa shape index (κ3) is 2.61. The van der Waals surface area contributed by atoms with E-state index in [0.29, 0.717) is 0 Å². The molecule has 18 heavy (non-hydrogen) atoms. The molecule has 0 amide bonds. The van der Waals surface area contributed by atoms with Crippen LogP contribution >= 0.6 is 0 Å². The van der Waals surface area contributed by atoms with Gasteiger partial charge in [0.25, 0.3) is 0 Å². The van der Waals surface area contributed by atoms with Gasteiger partial charge < -0.3 is 10.7 Å². The summed E-state index contributed by atoms with van der Waals surface area (Å²) in [7, 11) is 0. The summed E-state index contributed by atoms with van der Waals surface area (Å²) >= 11 is 0. The number of aromatic amines is 1. The van der Waals surface area contributed by atoms with Crippen LogP contribution in [-0.4, -0.2) is 10.5 Å². The predicted molar refractivity (Wildman–Crippen MR) is 74.9 cm³/mol. The van der Waals surface area contributed by atoms with Crippen LogP contribution in [0.25, 0.3) is 17.0 Å². The lowest BCUT2D eigenvalue weighted by Crippen LogP contribution is -2.34. The second-order valence-corrected chi connectivity index (χ2v) is 5.21. The van der Waals surface area contributed by atoms with Crippen molar-refractivity contribution in [3.8, 4) is 6.07 Å². The Morgan fingerprint density at radius 2 is 2.22 bits per heavy atom. The zero-order valence-electron chi connectivity index (χ0n) is 10.7. The zero-order chi connectivity index (χ0) is 13.2. The second-order valence-electron chi connectivity index (χ2n) is 5.21. The van der Waals surface area contributed by atoms with Gasteiger partial charge in [-0.25, -0.2) is 0 Å². The molecule has 0 spiro atoms. The number of para-hydroxylation sites is 1. The van der Waals surface area contributed by atoms with Crippen LogP contribution in [0.4, 0.5) is 0 Å². The molecule has 0 bridgehead atoms. The molecule has 1 heterocycles. The molecule has 0 aliphatic rings. The number of hydrogen-bond acceptors (Lipinski definition) is 2. The van der Waals surface area contributed by atoms with Crippen molar-refractivity contribution in [2.24, 2.45) is 5.73 Å². The molecule has 0 aliphatic heterocycles. The average molecular weight is 239 g/mol. The number of H-pyrrole nitrogens is 1. The highest BCUT2D eigenvalue weighted by Crippen LogP contribution is 2.25. The lowest BCUT2D eigenvalue weighted by molar-refractivity contribution is 0.518. The zero-order valence-corrected chi connectivity index (χ0v) is 10.7. The first-order valence-corrected chi connectivity index (χ1v) is 5.95. The Balaban J connectivity index is 2.49. The molecule has 3 nitrogen and oxygen atoms in total. The molecule has 2 rings (SSSR count). The third-order valence-corrected chi connectivity index (χ3v) is 2.82. The van der Waals surface area contributed by atoms with E-state index in [2.05, 4.69) is 11.1 Å².